The minimum atomic E-state index is -0.618. The van der Waals surface area contributed by atoms with Crippen molar-refractivity contribution < 1.29 is 14.3 Å². The number of hydrogen-bond donors (Lipinski definition) is 2. The van der Waals surface area contributed by atoms with Crippen molar-refractivity contribution in [3.63, 3.8) is 0 Å². The Morgan fingerprint density at radius 1 is 1.12 bits per heavy atom. The molecular formula is C19H18N4O3. The van der Waals surface area contributed by atoms with Crippen LogP contribution in [0.3, 0.4) is 0 Å². The van der Waals surface area contributed by atoms with Crippen molar-refractivity contribution in [1.82, 2.24) is 15.1 Å². The molecular weight excluding hydrogens is 332 g/mol. The fourth-order valence-corrected chi connectivity index (χ4v) is 2.55. The second-order valence-corrected chi connectivity index (χ2v) is 5.52. The summed E-state index contributed by atoms with van der Waals surface area (Å²) in [6, 6.07) is 16.7. The van der Waals surface area contributed by atoms with Gasteiger partial charge < -0.3 is 15.8 Å². The van der Waals surface area contributed by atoms with Crippen molar-refractivity contribution in [3.8, 4) is 22.7 Å². The average molecular weight is 350 g/mol. The van der Waals surface area contributed by atoms with Crippen molar-refractivity contribution in [1.29, 1.82) is 0 Å². The molecule has 132 valence electrons. The lowest BCUT2D eigenvalue weighted by Crippen LogP contribution is -2.33. The first-order valence-corrected chi connectivity index (χ1v) is 7.95. The zero-order valence-electron chi connectivity index (χ0n) is 14.2. The van der Waals surface area contributed by atoms with Crippen molar-refractivity contribution in [2.45, 2.75) is 0 Å². The summed E-state index contributed by atoms with van der Waals surface area (Å²) >= 11 is 0. The van der Waals surface area contributed by atoms with Crippen LogP contribution in [0.25, 0.3) is 16.9 Å². The minimum absolute atomic E-state index is 0.249. The molecule has 0 spiro atoms. The summed E-state index contributed by atoms with van der Waals surface area (Å²) in [4.78, 5) is 23.6. The second-order valence-electron chi connectivity index (χ2n) is 5.52. The minimum Gasteiger partial charge on any atom is -0.496 e. The molecule has 0 saturated carbocycles. The summed E-state index contributed by atoms with van der Waals surface area (Å²) in [5.41, 5.74) is 7.36. The van der Waals surface area contributed by atoms with E-state index in [-0.39, 0.29) is 6.54 Å². The molecule has 0 aliphatic carbocycles. The number of benzene rings is 2. The van der Waals surface area contributed by atoms with Gasteiger partial charge in [0.25, 0.3) is 5.91 Å². The van der Waals surface area contributed by atoms with Gasteiger partial charge in [0.05, 0.1) is 24.9 Å². The van der Waals surface area contributed by atoms with Gasteiger partial charge in [-0.25, -0.2) is 4.68 Å². The van der Waals surface area contributed by atoms with Gasteiger partial charge in [-0.05, 0) is 24.3 Å². The fourth-order valence-electron chi connectivity index (χ4n) is 2.55. The summed E-state index contributed by atoms with van der Waals surface area (Å²) in [5.74, 6) is -0.464. The van der Waals surface area contributed by atoms with E-state index in [2.05, 4.69) is 10.4 Å². The van der Waals surface area contributed by atoms with Gasteiger partial charge in [0.1, 0.15) is 11.4 Å². The quantitative estimate of drug-likeness (QED) is 0.707. The molecule has 26 heavy (non-hydrogen) atoms. The van der Waals surface area contributed by atoms with Crippen LogP contribution in [0.15, 0.2) is 60.8 Å². The lowest BCUT2D eigenvalue weighted by atomic mass is 10.1. The maximum absolute atomic E-state index is 12.6. The molecule has 0 bridgehead atoms. The van der Waals surface area contributed by atoms with E-state index in [1.165, 1.54) is 0 Å². The number of hydrogen-bond acceptors (Lipinski definition) is 4. The Labute approximate surface area is 150 Å². The lowest BCUT2D eigenvalue weighted by Gasteiger charge is -2.08. The first-order chi connectivity index (χ1) is 12.6. The number of nitrogens with zero attached hydrogens (tertiary/aromatic N) is 2. The Balaban J connectivity index is 2.10. The number of rotatable bonds is 6. The number of carbonyl (C=O) groups is 2. The predicted octanol–water partition coefficient (Wildman–Crippen LogP) is 1.76. The molecule has 0 radical (unpaired) electrons. The number of para-hydroxylation sites is 2. The smallest absolute Gasteiger partial charge is 0.255 e. The molecule has 7 heteroatoms. The first-order valence-electron chi connectivity index (χ1n) is 7.95. The molecule has 2 aromatic carbocycles. The van der Waals surface area contributed by atoms with Crippen molar-refractivity contribution >= 4 is 11.8 Å². The van der Waals surface area contributed by atoms with Gasteiger partial charge in [-0.15, -0.1) is 0 Å². The highest BCUT2D eigenvalue weighted by Crippen LogP contribution is 2.31. The summed E-state index contributed by atoms with van der Waals surface area (Å²) < 4.78 is 7.00. The first kappa shape index (κ1) is 17.2. The van der Waals surface area contributed by atoms with Gasteiger partial charge in [0, 0.05) is 11.8 Å². The van der Waals surface area contributed by atoms with Crippen LogP contribution in [0.5, 0.6) is 5.75 Å². The van der Waals surface area contributed by atoms with E-state index in [0.717, 1.165) is 5.69 Å². The fraction of sp³-hybridized carbons (Fsp3) is 0.105. The molecule has 0 atom stereocenters. The largest absolute Gasteiger partial charge is 0.496 e. The molecule has 0 aliphatic heterocycles. The highest BCUT2D eigenvalue weighted by Gasteiger charge is 2.21. The van der Waals surface area contributed by atoms with Crippen LogP contribution in [0.2, 0.25) is 0 Å². The van der Waals surface area contributed by atoms with E-state index in [0.29, 0.717) is 22.6 Å². The third-order valence-electron chi connectivity index (χ3n) is 3.76. The van der Waals surface area contributed by atoms with Crippen molar-refractivity contribution in [3.05, 3.63) is 66.4 Å². The van der Waals surface area contributed by atoms with Gasteiger partial charge in [0.2, 0.25) is 5.91 Å². The summed E-state index contributed by atoms with van der Waals surface area (Å²) in [7, 11) is 1.56. The molecule has 0 fully saturated rings. The van der Waals surface area contributed by atoms with Crippen LogP contribution < -0.4 is 15.8 Å². The third-order valence-corrected chi connectivity index (χ3v) is 3.76. The zero-order valence-corrected chi connectivity index (χ0v) is 14.2. The average Bonchev–Trinajstić information content (AvgIpc) is 3.12. The van der Waals surface area contributed by atoms with E-state index < -0.39 is 11.8 Å². The molecule has 0 aliphatic rings. The Hall–Kier alpha value is -3.61. The summed E-state index contributed by atoms with van der Waals surface area (Å²) in [6.07, 6.45) is 1.62. The van der Waals surface area contributed by atoms with Gasteiger partial charge in [-0.2, -0.15) is 5.10 Å². The van der Waals surface area contributed by atoms with Crippen LogP contribution >= 0.6 is 0 Å². The molecule has 7 nitrogen and oxygen atoms in total. The van der Waals surface area contributed by atoms with Crippen LogP contribution in [0.4, 0.5) is 0 Å². The molecule has 3 rings (SSSR count). The molecule has 1 heterocycles. The van der Waals surface area contributed by atoms with Crippen LogP contribution in [-0.2, 0) is 4.79 Å². The maximum atomic E-state index is 12.6. The van der Waals surface area contributed by atoms with Gasteiger partial charge in [0.15, 0.2) is 0 Å². The lowest BCUT2D eigenvalue weighted by molar-refractivity contribution is -0.117. The summed E-state index contributed by atoms with van der Waals surface area (Å²) in [5, 5.41) is 7.07. The number of primary amides is 1. The number of nitrogens with two attached hydrogens (primary N) is 1. The van der Waals surface area contributed by atoms with Crippen LogP contribution in [-0.4, -0.2) is 35.2 Å². The van der Waals surface area contributed by atoms with E-state index in [9.17, 15) is 9.59 Å². The van der Waals surface area contributed by atoms with Gasteiger partial charge in [-0.3, -0.25) is 9.59 Å². The SMILES string of the molecule is COc1ccccc1-c1nn(-c2ccccc2)cc1C(=O)NCC(N)=O. The van der Waals surface area contributed by atoms with Crippen LogP contribution in [0, 0.1) is 0 Å². The Morgan fingerprint density at radius 2 is 1.81 bits per heavy atom. The van der Waals surface area contributed by atoms with E-state index in [1.54, 1.807) is 24.1 Å². The Bertz CT molecular complexity index is 935. The van der Waals surface area contributed by atoms with Gasteiger partial charge in [-0.1, -0.05) is 30.3 Å². The van der Waals surface area contributed by atoms with E-state index in [1.807, 2.05) is 48.5 Å². The highest BCUT2D eigenvalue weighted by molar-refractivity contribution is 6.01. The monoisotopic (exact) mass is 350 g/mol. The Kier molecular flexibility index (Phi) is 4.98. The standard InChI is InChI=1S/C19H18N4O3/c1-26-16-10-6-5-9-14(16)18-15(19(25)21-11-17(20)24)12-23(22-18)13-7-3-2-4-8-13/h2-10,12H,11H2,1H3,(H2,20,24)(H,21,25). The molecule has 0 unspecified atom stereocenters. The number of methoxy groups -OCH3 is 1. The molecule has 2 amide bonds. The van der Waals surface area contributed by atoms with Gasteiger partial charge >= 0.3 is 0 Å². The van der Waals surface area contributed by atoms with E-state index >= 15 is 0 Å². The number of amides is 2. The molecule has 0 saturated heterocycles. The van der Waals surface area contributed by atoms with Crippen molar-refractivity contribution in [2.75, 3.05) is 13.7 Å². The number of nitrogens with one attached hydrogen (secondary N) is 1. The third kappa shape index (κ3) is 3.56. The predicted molar refractivity (Wildman–Crippen MR) is 97.1 cm³/mol. The number of aromatic nitrogens is 2. The maximum Gasteiger partial charge on any atom is 0.255 e. The molecule has 1 aromatic heterocycles. The summed E-state index contributed by atoms with van der Waals surface area (Å²) in [6.45, 7) is -0.249. The van der Waals surface area contributed by atoms with E-state index in [4.69, 9.17) is 10.5 Å². The molecule has 3 aromatic rings. The normalized spacial score (nSPS) is 10.3. The van der Waals surface area contributed by atoms with Crippen LogP contribution in [0.1, 0.15) is 10.4 Å². The second kappa shape index (κ2) is 7.52. The Morgan fingerprint density at radius 3 is 2.50 bits per heavy atom. The number of ether oxygens (including phenoxy) is 1. The van der Waals surface area contributed by atoms with Crippen molar-refractivity contribution in [2.24, 2.45) is 5.73 Å². The number of carbonyl (C=O) groups excluding carboxylic acids is 2. The topological polar surface area (TPSA) is 99.2 Å². The highest BCUT2D eigenvalue weighted by atomic mass is 16.5. The molecule has 3 N–H and O–H groups in total. The zero-order chi connectivity index (χ0) is 18.5.